The Labute approximate surface area is 185 Å². The van der Waals surface area contributed by atoms with Crippen molar-refractivity contribution in [3.05, 3.63) is 85.1 Å². The van der Waals surface area contributed by atoms with Gasteiger partial charge in [0.15, 0.2) is 27.2 Å². The molecular formula is C24H18N5O2S. The van der Waals surface area contributed by atoms with Crippen molar-refractivity contribution < 1.29 is 8.42 Å². The number of sulfone groups is 1. The van der Waals surface area contributed by atoms with Crippen LogP contribution in [-0.2, 0) is 9.84 Å². The molecule has 0 aliphatic heterocycles. The molecule has 0 spiro atoms. The number of nitrogens with zero attached hydrogens (tertiary/aromatic N) is 4. The van der Waals surface area contributed by atoms with Crippen LogP contribution in [0.2, 0.25) is 0 Å². The first-order valence-corrected chi connectivity index (χ1v) is 11.7. The van der Waals surface area contributed by atoms with Gasteiger partial charge in [0.25, 0.3) is 0 Å². The predicted molar refractivity (Wildman–Crippen MR) is 123 cm³/mol. The number of nitrogens with one attached hydrogen (secondary N) is 1. The molecule has 7 nitrogen and oxygen atoms in total. The van der Waals surface area contributed by atoms with Gasteiger partial charge in [0, 0.05) is 17.5 Å². The van der Waals surface area contributed by atoms with Crippen molar-refractivity contribution in [1.82, 2.24) is 25.3 Å². The molecular weight excluding hydrogens is 422 g/mol. The van der Waals surface area contributed by atoms with Gasteiger partial charge >= 0.3 is 0 Å². The lowest BCUT2D eigenvalue weighted by Crippen LogP contribution is -2.02. The van der Waals surface area contributed by atoms with Crippen LogP contribution in [0.4, 0.5) is 5.82 Å². The van der Waals surface area contributed by atoms with Crippen LogP contribution in [0.25, 0.3) is 39.5 Å². The molecule has 5 rings (SSSR count). The van der Waals surface area contributed by atoms with E-state index in [-0.39, 0.29) is 10.7 Å². The van der Waals surface area contributed by atoms with E-state index in [1.54, 1.807) is 24.3 Å². The van der Waals surface area contributed by atoms with Crippen LogP contribution < -0.4 is 5.73 Å². The summed E-state index contributed by atoms with van der Waals surface area (Å²) < 4.78 is 25.5. The number of hydrogen-bond donors (Lipinski definition) is 0. The van der Waals surface area contributed by atoms with Gasteiger partial charge < -0.3 is 0 Å². The lowest BCUT2D eigenvalue weighted by atomic mass is 10.1. The highest BCUT2D eigenvalue weighted by Gasteiger charge is 2.19. The maximum absolute atomic E-state index is 11.8. The number of benzene rings is 3. The zero-order valence-electron chi connectivity index (χ0n) is 17.1. The Balaban J connectivity index is 1.70. The van der Waals surface area contributed by atoms with Crippen molar-refractivity contribution in [2.75, 3.05) is 6.26 Å². The zero-order chi connectivity index (χ0) is 22.3. The Bertz CT molecular complexity index is 1540. The molecule has 0 saturated heterocycles. The van der Waals surface area contributed by atoms with Gasteiger partial charge in [-0.05, 0) is 36.4 Å². The number of para-hydroxylation sites is 3. The average Bonchev–Trinajstić information content (AvgIpc) is 3.19. The molecule has 0 aliphatic carbocycles. The third-order valence-electron chi connectivity index (χ3n) is 5.14. The van der Waals surface area contributed by atoms with Crippen LogP contribution in [-0.4, -0.2) is 34.2 Å². The largest absolute Gasteiger partial charge is 0.291 e. The van der Waals surface area contributed by atoms with E-state index >= 15 is 0 Å². The summed E-state index contributed by atoms with van der Waals surface area (Å²) in [5.74, 6) is 0.526. The average molecular weight is 441 g/mol. The van der Waals surface area contributed by atoms with E-state index in [1.807, 2.05) is 59.2 Å². The number of aromatic nitrogens is 4. The lowest BCUT2D eigenvalue weighted by Gasteiger charge is -2.11. The lowest BCUT2D eigenvalue weighted by molar-refractivity contribution is 0.602. The standard InChI is InChI=1S/C24H18N5O2S/c1-32(30,31)18-13-11-16(12-14-18)20-15-26-23(25)22(27-20)24-28-19-9-5-6-10-21(19)29(24)17-7-3-2-4-8-17/h2-15,25H,1H3. The van der Waals surface area contributed by atoms with Gasteiger partial charge in [0.1, 0.15) is 0 Å². The second-order valence-corrected chi connectivity index (χ2v) is 9.36. The van der Waals surface area contributed by atoms with E-state index in [0.717, 1.165) is 16.7 Å². The highest BCUT2D eigenvalue weighted by Crippen LogP contribution is 2.32. The van der Waals surface area contributed by atoms with E-state index in [0.29, 0.717) is 22.8 Å². The number of rotatable bonds is 4. The zero-order valence-corrected chi connectivity index (χ0v) is 17.9. The molecule has 5 aromatic rings. The Morgan fingerprint density at radius 3 is 2.25 bits per heavy atom. The molecule has 3 aromatic carbocycles. The highest BCUT2D eigenvalue weighted by atomic mass is 32.2. The third kappa shape index (κ3) is 3.50. The van der Waals surface area contributed by atoms with Gasteiger partial charge in [-0.25, -0.2) is 23.4 Å². The van der Waals surface area contributed by atoms with E-state index in [2.05, 4.69) is 4.98 Å². The minimum atomic E-state index is -3.29. The molecule has 1 N–H and O–H groups in total. The summed E-state index contributed by atoms with van der Waals surface area (Å²) in [4.78, 5) is 13.9. The van der Waals surface area contributed by atoms with Gasteiger partial charge in [-0.15, -0.1) is 0 Å². The Hall–Kier alpha value is -4.04. The van der Waals surface area contributed by atoms with Crippen molar-refractivity contribution in [3.63, 3.8) is 0 Å². The van der Waals surface area contributed by atoms with Crippen LogP contribution in [0.3, 0.4) is 0 Å². The maximum atomic E-state index is 11.8. The molecule has 157 valence electrons. The molecule has 8 heteroatoms. The van der Waals surface area contributed by atoms with Crippen LogP contribution in [0.5, 0.6) is 0 Å². The Morgan fingerprint density at radius 2 is 1.53 bits per heavy atom. The van der Waals surface area contributed by atoms with Gasteiger partial charge in [0.2, 0.25) is 0 Å². The van der Waals surface area contributed by atoms with Crippen molar-refractivity contribution in [2.24, 2.45) is 0 Å². The SMILES string of the molecule is CS(=O)(=O)c1ccc(-c2cnc([NH])c(-c3nc4ccccc4n3-c3ccccc3)n2)cc1. The highest BCUT2D eigenvalue weighted by molar-refractivity contribution is 7.90. The monoisotopic (exact) mass is 440 g/mol. The molecule has 2 aromatic heterocycles. The Kier molecular flexibility index (Phi) is 4.71. The molecule has 1 radical (unpaired) electrons. The number of fused-ring (bicyclic) bond motifs is 1. The molecule has 0 bridgehead atoms. The molecule has 0 fully saturated rings. The molecule has 2 heterocycles. The first kappa shape index (κ1) is 19.9. The Morgan fingerprint density at radius 1 is 0.844 bits per heavy atom. The fourth-order valence-electron chi connectivity index (χ4n) is 3.58. The van der Waals surface area contributed by atoms with Gasteiger partial charge in [-0.3, -0.25) is 10.3 Å². The second kappa shape index (κ2) is 7.58. The van der Waals surface area contributed by atoms with Crippen molar-refractivity contribution in [3.8, 4) is 28.5 Å². The molecule has 0 aliphatic rings. The van der Waals surface area contributed by atoms with E-state index < -0.39 is 9.84 Å². The summed E-state index contributed by atoms with van der Waals surface area (Å²) in [7, 11) is -3.29. The summed E-state index contributed by atoms with van der Waals surface area (Å²) in [5.41, 5.74) is 12.6. The molecule has 0 unspecified atom stereocenters. The fraction of sp³-hybridized carbons (Fsp3) is 0.0417. The van der Waals surface area contributed by atoms with E-state index in [1.165, 1.54) is 12.5 Å². The van der Waals surface area contributed by atoms with Crippen LogP contribution >= 0.6 is 0 Å². The maximum Gasteiger partial charge on any atom is 0.175 e. The minimum Gasteiger partial charge on any atom is -0.291 e. The third-order valence-corrected chi connectivity index (χ3v) is 6.27. The normalized spacial score (nSPS) is 11.7. The first-order valence-electron chi connectivity index (χ1n) is 9.84. The van der Waals surface area contributed by atoms with Crippen molar-refractivity contribution in [1.29, 1.82) is 0 Å². The summed E-state index contributed by atoms with van der Waals surface area (Å²) in [6.07, 6.45) is 2.68. The van der Waals surface area contributed by atoms with E-state index in [9.17, 15) is 8.42 Å². The molecule has 0 amide bonds. The second-order valence-electron chi connectivity index (χ2n) is 7.34. The fourth-order valence-corrected chi connectivity index (χ4v) is 4.21. The van der Waals surface area contributed by atoms with Gasteiger partial charge in [-0.2, -0.15) is 0 Å². The van der Waals surface area contributed by atoms with Crippen LogP contribution in [0.1, 0.15) is 0 Å². The number of imidazole rings is 1. The van der Waals surface area contributed by atoms with Crippen LogP contribution in [0.15, 0.2) is 90.0 Å². The van der Waals surface area contributed by atoms with Gasteiger partial charge in [0.05, 0.1) is 27.8 Å². The topological polar surface area (TPSA) is 102 Å². The first-order chi connectivity index (χ1) is 15.4. The number of hydrogen-bond acceptors (Lipinski definition) is 5. The summed E-state index contributed by atoms with van der Waals surface area (Å²) >= 11 is 0. The predicted octanol–water partition coefficient (Wildman–Crippen LogP) is 4.47. The summed E-state index contributed by atoms with van der Waals surface area (Å²) in [6.45, 7) is 0. The van der Waals surface area contributed by atoms with E-state index in [4.69, 9.17) is 15.7 Å². The summed E-state index contributed by atoms with van der Waals surface area (Å²) in [6, 6.07) is 24.0. The molecule has 0 atom stereocenters. The smallest absolute Gasteiger partial charge is 0.175 e. The molecule has 0 saturated carbocycles. The summed E-state index contributed by atoms with van der Waals surface area (Å²) in [5, 5.41) is 0. The minimum absolute atomic E-state index is 0.00833. The van der Waals surface area contributed by atoms with Gasteiger partial charge in [-0.1, -0.05) is 42.5 Å². The molecule has 32 heavy (non-hydrogen) atoms. The van der Waals surface area contributed by atoms with Crippen molar-refractivity contribution in [2.45, 2.75) is 4.90 Å². The van der Waals surface area contributed by atoms with Crippen LogP contribution in [0, 0.1) is 0 Å². The van der Waals surface area contributed by atoms with Crippen molar-refractivity contribution >= 4 is 26.7 Å². The quantitative estimate of drug-likeness (QED) is 0.410.